The standard InChI is InChI=1S/3C4H10O.H3P/c3*1-4(2,3)5;/h3*5H,1-3H3;1H3. The third kappa shape index (κ3) is 26400. The van der Waals surface area contributed by atoms with Gasteiger partial charge in [0.25, 0.3) is 0 Å². The van der Waals surface area contributed by atoms with Gasteiger partial charge in [-0.25, -0.2) is 0 Å². The maximum Gasteiger partial charge on any atom is 0.0563 e. The Kier molecular flexibility index (Phi) is 14.7. The van der Waals surface area contributed by atoms with Crippen LogP contribution in [0.2, 0.25) is 0 Å². The average Bonchev–Trinajstić information content (AvgIpc) is 1.41. The quantitative estimate of drug-likeness (QED) is 0.583. The summed E-state index contributed by atoms with van der Waals surface area (Å²) in [6.07, 6.45) is 0. The number of aliphatic hydroxyl groups is 3. The summed E-state index contributed by atoms with van der Waals surface area (Å²) >= 11 is 0. The zero-order valence-electron chi connectivity index (χ0n) is 12.5. The molecule has 1 unspecified atom stereocenters. The first-order valence-electron chi connectivity index (χ1n) is 5.17. The lowest BCUT2D eigenvalue weighted by Gasteiger charge is -2.04. The van der Waals surface area contributed by atoms with E-state index in [1.807, 2.05) is 0 Å². The highest BCUT2D eigenvalue weighted by atomic mass is 31.0. The van der Waals surface area contributed by atoms with Gasteiger partial charge in [-0.05, 0) is 62.3 Å². The topological polar surface area (TPSA) is 60.7 Å². The molecule has 0 aliphatic heterocycles. The molecule has 0 bridgehead atoms. The molecule has 0 rings (SSSR count). The van der Waals surface area contributed by atoms with Crippen molar-refractivity contribution in [3.8, 4) is 0 Å². The average molecular weight is 256 g/mol. The monoisotopic (exact) mass is 256 g/mol. The smallest absolute Gasteiger partial charge is 0.0563 e. The summed E-state index contributed by atoms with van der Waals surface area (Å²) < 4.78 is 0. The van der Waals surface area contributed by atoms with Gasteiger partial charge in [0.05, 0.1) is 16.8 Å². The first-order valence-corrected chi connectivity index (χ1v) is 5.17. The molecule has 16 heavy (non-hydrogen) atoms. The summed E-state index contributed by atoms with van der Waals surface area (Å²) in [4.78, 5) is 0. The highest BCUT2D eigenvalue weighted by molar-refractivity contribution is 6.92. The summed E-state index contributed by atoms with van der Waals surface area (Å²) in [5.74, 6) is 0. The van der Waals surface area contributed by atoms with Crippen LogP contribution in [-0.4, -0.2) is 32.1 Å². The minimum atomic E-state index is -0.500. The lowest BCUT2D eigenvalue weighted by atomic mass is 10.2. The van der Waals surface area contributed by atoms with E-state index < -0.39 is 16.8 Å². The van der Waals surface area contributed by atoms with Crippen molar-refractivity contribution in [2.45, 2.75) is 79.1 Å². The molecular formula is C12H33O3P. The molecule has 0 aromatic rings. The van der Waals surface area contributed by atoms with Crippen molar-refractivity contribution >= 4 is 9.90 Å². The predicted molar refractivity (Wildman–Crippen MR) is 77.0 cm³/mol. The van der Waals surface area contributed by atoms with Gasteiger partial charge in [0.1, 0.15) is 0 Å². The van der Waals surface area contributed by atoms with Crippen molar-refractivity contribution in [3.05, 3.63) is 0 Å². The molecule has 0 aromatic carbocycles. The Bertz CT molecular complexity index is 91.3. The Morgan fingerprint density at radius 3 is 0.438 bits per heavy atom. The fourth-order valence-electron chi connectivity index (χ4n) is 0. The van der Waals surface area contributed by atoms with E-state index in [2.05, 4.69) is 0 Å². The van der Waals surface area contributed by atoms with Crippen LogP contribution in [-0.2, 0) is 0 Å². The maximum atomic E-state index is 8.52. The largest absolute Gasteiger partial charge is 0.391 e. The van der Waals surface area contributed by atoms with Crippen LogP contribution in [0, 0.1) is 0 Å². The second-order valence-corrected chi connectivity index (χ2v) is 6.51. The van der Waals surface area contributed by atoms with Gasteiger partial charge in [-0.15, -0.1) is 0 Å². The van der Waals surface area contributed by atoms with E-state index in [0.717, 1.165) is 0 Å². The second kappa shape index (κ2) is 9.35. The molecule has 1 atom stereocenters. The van der Waals surface area contributed by atoms with Crippen LogP contribution in [0.3, 0.4) is 0 Å². The first kappa shape index (κ1) is 25.2. The van der Waals surface area contributed by atoms with Gasteiger partial charge in [-0.3, -0.25) is 0 Å². The highest BCUT2D eigenvalue weighted by Gasteiger charge is 1.98. The summed E-state index contributed by atoms with van der Waals surface area (Å²) in [6.45, 7) is 15.7. The van der Waals surface area contributed by atoms with Gasteiger partial charge < -0.3 is 15.3 Å². The SMILES string of the molecule is CC(C)(C)O.CC(C)(C)O.CC(C)(C)O.P. The maximum absolute atomic E-state index is 8.52. The molecule has 3 N–H and O–H groups in total. The van der Waals surface area contributed by atoms with Gasteiger partial charge in [0.15, 0.2) is 0 Å². The molecule has 0 fully saturated rings. The van der Waals surface area contributed by atoms with Crippen LogP contribution in [0.5, 0.6) is 0 Å². The molecule has 0 saturated heterocycles. The zero-order valence-corrected chi connectivity index (χ0v) is 14.0. The van der Waals surface area contributed by atoms with E-state index in [9.17, 15) is 0 Å². The second-order valence-electron chi connectivity index (χ2n) is 6.51. The predicted octanol–water partition coefficient (Wildman–Crippen LogP) is 2.39. The lowest BCUT2D eigenvalue weighted by Crippen LogP contribution is -2.10. The van der Waals surface area contributed by atoms with Crippen LogP contribution in [0.15, 0.2) is 0 Å². The normalized spacial score (nSPS) is 11.2. The van der Waals surface area contributed by atoms with Crippen LogP contribution in [0.25, 0.3) is 0 Å². The van der Waals surface area contributed by atoms with Gasteiger partial charge in [-0.1, -0.05) is 0 Å². The van der Waals surface area contributed by atoms with Gasteiger partial charge in [0.2, 0.25) is 0 Å². The Morgan fingerprint density at radius 1 is 0.438 bits per heavy atom. The Hall–Kier alpha value is 0.310. The Labute approximate surface area is 105 Å². The molecular weight excluding hydrogens is 223 g/mol. The molecule has 4 heteroatoms. The molecule has 0 radical (unpaired) electrons. The van der Waals surface area contributed by atoms with Crippen LogP contribution >= 0.6 is 9.90 Å². The molecule has 0 heterocycles. The lowest BCUT2D eigenvalue weighted by molar-refractivity contribution is 0.101. The summed E-state index contributed by atoms with van der Waals surface area (Å²) in [5.41, 5.74) is -1.50. The first-order chi connectivity index (χ1) is 6.00. The highest BCUT2D eigenvalue weighted by Crippen LogP contribution is 1.94. The van der Waals surface area contributed by atoms with Gasteiger partial charge >= 0.3 is 0 Å². The van der Waals surface area contributed by atoms with Crippen molar-refractivity contribution in [1.82, 2.24) is 0 Å². The van der Waals surface area contributed by atoms with Crippen molar-refractivity contribution in [1.29, 1.82) is 0 Å². The third-order valence-electron chi connectivity index (χ3n) is 0. The van der Waals surface area contributed by atoms with Crippen molar-refractivity contribution in [2.24, 2.45) is 0 Å². The number of hydrogen-bond donors (Lipinski definition) is 3. The van der Waals surface area contributed by atoms with E-state index in [1.54, 1.807) is 62.3 Å². The van der Waals surface area contributed by atoms with Crippen molar-refractivity contribution < 1.29 is 15.3 Å². The summed E-state index contributed by atoms with van der Waals surface area (Å²) in [6, 6.07) is 0. The molecule has 104 valence electrons. The molecule has 0 spiro atoms. The third-order valence-corrected chi connectivity index (χ3v) is 0. The number of hydrogen-bond acceptors (Lipinski definition) is 3. The Balaban J connectivity index is -0.0000000655. The fraction of sp³-hybridized carbons (Fsp3) is 1.00. The zero-order chi connectivity index (χ0) is 13.5. The van der Waals surface area contributed by atoms with Crippen LogP contribution in [0.4, 0.5) is 0 Å². The number of rotatable bonds is 0. The van der Waals surface area contributed by atoms with Gasteiger partial charge in [-0.2, -0.15) is 9.90 Å². The molecule has 0 aliphatic rings. The van der Waals surface area contributed by atoms with Crippen molar-refractivity contribution in [2.75, 3.05) is 0 Å². The molecule has 0 amide bonds. The van der Waals surface area contributed by atoms with E-state index in [0.29, 0.717) is 0 Å². The minimum Gasteiger partial charge on any atom is -0.391 e. The molecule has 0 saturated carbocycles. The summed E-state index contributed by atoms with van der Waals surface area (Å²) in [7, 11) is 0. The van der Waals surface area contributed by atoms with E-state index >= 15 is 0 Å². The minimum absolute atomic E-state index is 0. The summed E-state index contributed by atoms with van der Waals surface area (Å²) in [5, 5.41) is 25.6. The van der Waals surface area contributed by atoms with E-state index in [1.165, 1.54) is 0 Å². The Morgan fingerprint density at radius 2 is 0.438 bits per heavy atom. The van der Waals surface area contributed by atoms with E-state index in [-0.39, 0.29) is 9.90 Å². The van der Waals surface area contributed by atoms with Crippen LogP contribution in [0.1, 0.15) is 62.3 Å². The van der Waals surface area contributed by atoms with Gasteiger partial charge in [0, 0.05) is 0 Å². The van der Waals surface area contributed by atoms with Crippen LogP contribution < -0.4 is 0 Å². The molecule has 3 nitrogen and oxygen atoms in total. The molecule has 0 aliphatic carbocycles. The van der Waals surface area contributed by atoms with Crippen molar-refractivity contribution in [3.63, 3.8) is 0 Å². The fourth-order valence-corrected chi connectivity index (χ4v) is 0. The molecule has 0 aromatic heterocycles. The van der Waals surface area contributed by atoms with E-state index in [4.69, 9.17) is 15.3 Å².